The lowest BCUT2D eigenvalue weighted by atomic mass is 9.95. The summed E-state index contributed by atoms with van der Waals surface area (Å²) in [6.07, 6.45) is 2.73. The first-order valence-corrected chi connectivity index (χ1v) is 7.23. The number of halogens is 1. The number of hydrogen-bond acceptors (Lipinski definition) is 2. The van der Waals surface area contributed by atoms with E-state index >= 15 is 0 Å². The van der Waals surface area contributed by atoms with Crippen molar-refractivity contribution in [1.29, 1.82) is 0 Å². The molecule has 2 N–H and O–H groups in total. The smallest absolute Gasteiger partial charge is 0.306 e. The lowest BCUT2D eigenvalue weighted by molar-refractivity contribution is -0.141. The van der Waals surface area contributed by atoms with Crippen LogP contribution < -0.4 is 5.32 Å². The van der Waals surface area contributed by atoms with Crippen molar-refractivity contribution in [3.8, 4) is 0 Å². The molecule has 1 aromatic carbocycles. The maximum Gasteiger partial charge on any atom is 0.306 e. The fourth-order valence-corrected chi connectivity index (χ4v) is 2.44. The van der Waals surface area contributed by atoms with Gasteiger partial charge in [-0.2, -0.15) is 0 Å². The highest BCUT2D eigenvalue weighted by Gasteiger charge is 2.50. The molecule has 1 amide bonds. The third-order valence-corrected chi connectivity index (χ3v) is 4.10. The summed E-state index contributed by atoms with van der Waals surface area (Å²) in [6, 6.07) is 6.07. The molecule has 1 saturated carbocycles. The highest BCUT2D eigenvalue weighted by Crippen LogP contribution is 2.48. The molecule has 0 bridgehead atoms. The van der Waals surface area contributed by atoms with Crippen LogP contribution in [0.15, 0.2) is 24.3 Å². The predicted molar refractivity (Wildman–Crippen MR) is 76.4 cm³/mol. The zero-order valence-electron chi connectivity index (χ0n) is 12.1. The highest BCUT2D eigenvalue weighted by atomic mass is 19.1. The van der Waals surface area contributed by atoms with Crippen LogP contribution in [0.5, 0.6) is 0 Å². The molecular weight excluding hydrogens is 273 g/mol. The number of amides is 1. The third kappa shape index (κ3) is 3.60. The molecule has 1 aliphatic rings. The molecule has 0 aliphatic heterocycles. The van der Waals surface area contributed by atoms with Crippen LogP contribution in [0.1, 0.15) is 38.2 Å². The van der Waals surface area contributed by atoms with Gasteiger partial charge in [-0.3, -0.25) is 9.59 Å². The molecule has 1 aromatic rings. The lowest BCUT2D eigenvalue weighted by Gasteiger charge is -2.16. The van der Waals surface area contributed by atoms with Crippen molar-refractivity contribution in [2.24, 2.45) is 5.92 Å². The first kappa shape index (κ1) is 15.5. The molecule has 0 saturated heterocycles. The van der Waals surface area contributed by atoms with E-state index in [-0.39, 0.29) is 11.7 Å². The monoisotopic (exact) mass is 293 g/mol. The zero-order chi connectivity index (χ0) is 15.5. The molecular formula is C16H20FNO3. The number of aliphatic carboxylic acids is 1. The molecule has 0 spiro atoms. The standard InChI is InChI=1S/C16H20FNO3/c1-11(14(19)20)3-2-10-18-15(21)16(8-9-16)12-4-6-13(17)7-5-12/h4-7,11H,2-3,8-10H2,1H3,(H,18,21)(H,19,20). The minimum atomic E-state index is -0.814. The summed E-state index contributed by atoms with van der Waals surface area (Å²) in [4.78, 5) is 23.0. The van der Waals surface area contributed by atoms with E-state index in [4.69, 9.17) is 5.11 Å². The molecule has 4 nitrogen and oxygen atoms in total. The molecule has 0 heterocycles. The fourth-order valence-electron chi connectivity index (χ4n) is 2.44. The Morgan fingerprint density at radius 1 is 1.33 bits per heavy atom. The van der Waals surface area contributed by atoms with Gasteiger partial charge in [-0.05, 0) is 43.4 Å². The Morgan fingerprint density at radius 2 is 1.95 bits per heavy atom. The van der Waals surface area contributed by atoms with E-state index in [9.17, 15) is 14.0 Å². The van der Waals surface area contributed by atoms with Crippen molar-refractivity contribution in [3.63, 3.8) is 0 Å². The molecule has 114 valence electrons. The Bertz CT molecular complexity index is 523. The van der Waals surface area contributed by atoms with Crippen molar-refractivity contribution >= 4 is 11.9 Å². The number of carboxylic acid groups (broad SMARTS) is 1. The summed E-state index contributed by atoms with van der Waals surface area (Å²) in [5, 5.41) is 11.7. The van der Waals surface area contributed by atoms with E-state index in [1.165, 1.54) is 12.1 Å². The van der Waals surface area contributed by atoms with E-state index in [0.717, 1.165) is 18.4 Å². The first-order valence-electron chi connectivity index (χ1n) is 7.23. The van der Waals surface area contributed by atoms with Gasteiger partial charge in [-0.25, -0.2) is 4.39 Å². The molecule has 1 fully saturated rings. The summed E-state index contributed by atoms with van der Waals surface area (Å²) in [6.45, 7) is 2.13. The molecule has 1 unspecified atom stereocenters. The lowest BCUT2D eigenvalue weighted by Crippen LogP contribution is -2.35. The van der Waals surface area contributed by atoms with E-state index < -0.39 is 17.3 Å². The zero-order valence-corrected chi connectivity index (χ0v) is 12.1. The van der Waals surface area contributed by atoms with Crippen molar-refractivity contribution in [2.75, 3.05) is 6.54 Å². The van der Waals surface area contributed by atoms with Crippen LogP contribution in [-0.2, 0) is 15.0 Å². The highest BCUT2D eigenvalue weighted by molar-refractivity contribution is 5.91. The normalized spacial score (nSPS) is 17.0. The van der Waals surface area contributed by atoms with Crippen molar-refractivity contribution in [1.82, 2.24) is 5.32 Å². The van der Waals surface area contributed by atoms with Crippen LogP contribution in [0.2, 0.25) is 0 Å². The average molecular weight is 293 g/mol. The Labute approximate surface area is 123 Å². The van der Waals surface area contributed by atoms with Gasteiger partial charge < -0.3 is 10.4 Å². The summed E-state index contributed by atoms with van der Waals surface area (Å²) in [7, 11) is 0. The van der Waals surface area contributed by atoms with E-state index in [0.29, 0.717) is 19.4 Å². The number of carbonyl (C=O) groups is 2. The number of hydrogen-bond donors (Lipinski definition) is 2. The van der Waals surface area contributed by atoms with Gasteiger partial charge >= 0.3 is 5.97 Å². The van der Waals surface area contributed by atoms with Crippen LogP contribution in [0.25, 0.3) is 0 Å². The fraction of sp³-hybridized carbons (Fsp3) is 0.500. The summed E-state index contributed by atoms with van der Waals surface area (Å²) in [5.74, 6) is -1.56. The SMILES string of the molecule is CC(CCCNC(=O)C1(c2ccc(F)cc2)CC1)C(=O)O. The van der Waals surface area contributed by atoms with Crippen LogP contribution in [0.4, 0.5) is 4.39 Å². The third-order valence-electron chi connectivity index (χ3n) is 4.10. The van der Waals surface area contributed by atoms with Gasteiger partial charge in [-0.1, -0.05) is 19.1 Å². The van der Waals surface area contributed by atoms with E-state index in [1.807, 2.05) is 0 Å². The second kappa shape index (κ2) is 6.24. The van der Waals surface area contributed by atoms with Crippen LogP contribution in [-0.4, -0.2) is 23.5 Å². The van der Waals surface area contributed by atoms with Crippen molar-refractivity contribution in [3.05, 3.63) is 35.6 Å². The van der Waals surface area contributed by atoms with Crippen LogP contribution >= 0.6 is 0 Å². The van der Waals surface area contributed by atoms with Gasteiger partial charge in [-0.15, -0.1) is 0 Å². The number of rotatable bonds is 7. The Balaban J connectivity index is 1.83. The maximum atomic E-state index is 12.9. The van der Waals surface area contributed by atoms with Crippen molar-refractivity contribution in [2.45, 2.75) is 38.0 Å². The van der Waals surface area contributed by atoms with Crippen LogP contribution in [0, 0.1) is 11.7 Å². The van der Waals surface area contributed by atoms with Crippen LogP contribution in [0.3, 0.4) is 0 Å². The minimum Gasteiger partial charge on any atom is -0.481 e. The molecule has 5 heteroatoms. The molecule has 2 rings (SSSR count). The Hall–Kier alpha value is -1.91. The molecule has 1 atom stereocenters. The largest absolute Gasteiger partial charge is 0.481 e. The molecule has 1 aliphatic carbocycles. The number of carboxylic acids is 1. The number of nitrogens with one attached hydrogen (secondary N) is 1. The second-order valence-corrected chi connectivity index (χ2v) is 5.73. The Morgan fingerprint density at radius 3 is 2.48 bits per heavy atom. The van der Waals surface area contributed by atoms with Crippen molar-refractivity contribution < 1.29 is 19.1 Å². The van der Waals surface area contributed by atoms with Gasteiger partial charge in [0.2, 0.25) is 5.91 Å². The van der Waals surface area contributed by atoms with Gasteiger partial charge in [0.05, 0.1) is 11.3 Å². The number of carbonyl (C=O) groups excluding carboxylic acids is 1. The maximum absolute atomic E-state index is 12.9. The van der Waals surface area contributed by atoms with E-state index in [2.05, 4.69) is 5.32 Å². The topological polar surface area (TPSA) is 66.4 Å². The Kier molecular flexibility index (Phi) is 4.60. The van der Waals surface area contributed by atoms with Gasteiger partial charge in [0.15, 0.2) is 0 Å². The summed E-state index contributed by atoms with van der Waals surface area (Å²) >= 11 is 0. The first-order chi connectivity index (χ1) is 9.95. The second-order valence-electron chi connectivity index (χ2n) is 5.73. The molecule has 21 heavy (non-hydrogen) atoms. The quantitative estimate of drug-likeness (QED) is 0.759. The summed E-state index contributed by atoms with van der Waals surface area (Å²) < 4.78 is 12.9. The molecule has 0 radical (unpaired) electrons. The number of benzene rings is 1. The minimum absolute atomic E-state index is 0.0444. The predicted octanol–water partition coefficient (Wildman–Crippen LogP) is 2.47. The summed E-state index contributed by atoms with van der Waals surface area (Å²) in [5.41, 5.74) is 0.340. The van der Waals surface area contributed by atoms with Gasteiger partial charge in [0, 0.05) is 6.54 Å². The van der Waals surface area contributed by atoms with Gasteiger partial charge in [0.25, 0.3) is 0 Å². The average Bonchev–Trinajstić information content (AvgIpc) is 3.25. The van der Waals surface area contributed by atoms with Gasteiger partial charge in [0.1, 0.15) is 5.82 Å². The molecule has 0 aromatic heterocycles. The van der Waals surface area contributed by atoms with E-state index in [1.54, 1.807) is 19.1 Å².